The van der Waals surface area contributed by atoms with E-state index < -0.39 is 5.91 Å². The monoisotopic (exact) mass is 181 g/mol. The van der Waals surface area contributed by atoms with Crippen LogP contribution in [0.3, 0.4) is 0 Å². The van der Waals surface area contributed by atoms with Crippen LogP contribution < -0.4 is 11.2 Å². The minimum Gasteiger partial charge on any atom is -0.399 e. The van der Waals surface area contributed by atoms with Crippen molar-refractivity contribution in [3.05, 3.63) is 24.0 Å². The number of nitrogen functional groups attached to an aromatic ring is 1. The number of pyridine rings is 1. The van der Waals surface area contributed by atoms with Gasteiger partial charge in [0.1, 0.15) is 5.69 Å². The minimum atomic E-state index is -0.394. The molecule has 0 atom stereocenters. The molecule has 1 aromatic heterocycles. The van der Waals surface area contributed by atoms with Gasteiger partial charge < -0.3 is 5.73 Å². The van der Waals surface area contributed by atoms with Gasteiger partial charge in [0.25, 0.3) is 5.91 Å². The maximum Gasteiger partial charge on any atom is 0.293 e. The summed E-state index contributed by atoms with van der Waals surface area (Å²) in [5.41, 5.74) is 8.42. The molecule has 5 nitrogen and oxygen atoms in total. The summed E-state index contributed by atoms with van der Waals surface area (Å²) in [6.07, 6.45) is 1.47. The Hall–Kier alpha value is -1.62. The fourth-order valence-electron chi connectivity index (χ4n) is 0.761. The lowest BCUT2D eigenvalue weighted by Crippen LogP contribution is -2.24. The highest BCUT2D eigenvalue weighted by Crippen LogP contribution is 2.02. The highest BCUT2D eigenvalue weighted by Gasteiger charge is 2.05. The molecular weight excluding hydrogens is 170 g/mol. The number of carbonyl (C=O) groups is 1. The highest BCUT2D eigenvalue weighted by molar-refractivity contribution is 5.92. The van der Waals surface area contributed by atoms with Crippen LogP contribution in [0, 0.1) is 0 Å². The first kappa shape index (κ1) is 9.47. The first-order valence-corrected chi connectivity index (χ1v) is 3.87. The lowest BCUT2D eigenvalue weighted by molar-refractivity contribution is 0.0360. The van der Waals surface area contributed by atoms with Gasteiger partial charge >= 0.3 is 0 Å². The molecule has 0 aliphatic rings. The van der Waals surface area contributed by atoms with E-state index in [1.54, 1.807) is 13.0 Å². The molecule has 0 fully saturated rings. The van der Waals surface area contributed by atoms with Gasteiger partial charge in [0.05, 0.1) is 6.61 Å². The average Bonchev–Trinajstić information content (AvgIpc) is 2.14. The van der Waals surface area contributed by atoms with Crippen LogP contribution in [0.25, 0.3) is 0 Å². The normalized spacial score (nSPS) is 9.62. The number of hydroxylamine groups is 1. The van der Waals surface area contributed by atoms with Gasteiger partial charge in [-0.15, -0.1) is 0 Å². The Morgan fingerprint density at radius 1 is 1.77 bits per heavy atom. The largest absolute Gasteiger partial charge is 0.399 e. The fraction of sp³-hybridized carbons (Fsp3) is 0.250. The zero-order chi connectivity index (χ0) is 9.68. The van der Waals surface area contributed by atoms with Crippen molar-refractivity contribution in [2.45, 2.75) is 6.92 Å². The Balaban J connectivity index is 2.66. The quantitative estimate of drug-likeness (QED) is 0.659. The van der Waals surface area contributed by atoms with E-state index in [2.05, 4.69) is 10.5 Å². The van der Waals surface area contributed by atoms with Gasteiger partial charge in [0, 0.05) is 11.9 Å². The highest BCUT2D eigenvalue weighted by atomic mass is 16.6. The first-order chi connectivity index (χ1) is 6.24. The molecular formula is C8H11N3O2. The van der Waals surface area contributed by atoms with Crippen LogP contribution in [0.1, 0.15) is 17.4 Å². The van der Waals surface area contributed by atoms with Crippen LogP contribution in [0.4, 0.5) is 5.69 Å². The van der Waals surface area contributed by atoms with Crippen LogP contribution in [0.15, 0.2) is 18.3 Å². The Kier molecular flexibility index (Phi) is 3.22. The Morgan fingerprint density at radius 3 is 3.15 bits per heavy atom. The zero-order valence-corrected chi connectivity index (χ0v) is 7.28. The van der Waals surface area contributed by atoms with Gasteiger partial charge in [-0.1, -0.05) is 0 Å². The van der Waals surface area contributed by atoms with Crippen molar-refractivity contribution < 1.29 is 9.63 Å². The number of nitrogens with zero attached hydrogens (tertiary/aromatic N) is 1. The predicted molar refractivity (Wildman–Crippen MR) is 47.7 cm³/mol. The SMILES string of the molecule is CCONC(=O)c1cc(N)ccn1. The number of nitrogens with two attached hydrogens (primary N) is 1. The topological polar surface area (TPSA) is 77.2 Å². The average molecular weight is 181 g/mol. The third-order valence-electron chi connectivity index (χ3n) is 1.33. The van der Waals surface area contributed by atoms with Gasteiger partial charge in [-0.25, -0.2) is 5.48 Å². The standard InChI is InChI=1S/C8H11N3O2/c1-2-13-11-8(12)7-5-6(9)3-4-10-7/h3-5H,2H2,1H3,(H2,9,10)(H,11,12). The predicted octanol–water partition coefficient (Wildman–Crippen LogP) is 0.345. The summed E-state index contributed by atoms with van der Waals surface area (Å²) in [5.74, 6) is -0.394. The summed E-state index contributed by atoms with van der Waals surface area (Å²) in [6, 6.07) is 3.09. The van der Waals surface area contributed by atoms with E-state index in [0.29, 0.717) is 12.3 Å². The smallest absolute Gasteiger partial charge is 0.293 e. The van der Waals surface area contributed by atoms with Crippen LogP contribution in [-0.4, -0.2) is 17.5 Å². The molecule has 0 saturated carbocycles. The van der Waals surface area contributed by atoms with Crippen molar-refractivity contribution in [3.63, 3.8) is 0 Å². The molecule has 0 spiro atoms. The van der Waals surface area contributed by atoms with E-state index in [1.807, 2.05) is 0 Å². The number of aromatic nitrogens is 1. The number of carbonyl (C=O) groups excluding carboxylic acids is 1. The van der Waals surface area contributed by atoms with Crippen LogP contribution in [-0.2, 0) is 4.84 Å². The molecule has 5 heteroatoms. The minimum absolute atomic E-state index is 0.244. The van der Waals surface area contributed by atoms with Gasteiger partial charge in [-0.2, -0.15) is 0 Å². The maximum absolute atomic E-state index is 11.2. The lowest BCUT2D eigenvalue weighted by Gasteiger charge is -2.02. The van der Waals surface area contributed by atoms with E-state index >= 15 is 0 Å². The van der Waals surface area contributed by atoms with E-state index in [0.717, 1.165) is 0 Å². The fourth-order valence-corrected chi connectivity index (χ4v) is 0.761. The molecule has 1 heterocycles. The van der Waals surface area contributed by atoms with Crippen molar-refractivity contribution in [2.75, 3.05) is 12.3 Å². The van der Waals surface area contributed by atoms with Crippen LogP contribution >= 0.6 is 0 Å². The van der Waals surface area contributed by atoms with Crippen molar-refractivity contribution >= 4 is 11.6 Å². The molecule has 0 aliphatic heterocycles. The second-order valence-electron chi connectivity index (χ2n) is 2.34. The van der Waals surface area contributed by atoms with Crippen molar-refractivity contribution in [2.24, 2.45) is 0 Å². The molecule has 3 N–H and O–H groups in total. The number of nitrogens with one attached hydrogen (secondary N) is 1. The van der Waals surface area contributed by atoms with E-state index in [-0.39, 0.29) is 5.69 Å². The summed E-state index contributed by atoms with van der Waals surface area (Å²) in [6.45, 7) is 2.18. The molecule has 0 aromatic carbocycles. The van der Waals surface area contributed by atoms with Crippen molar-refractivity contribution in [1.82, 2.24) is 10.5 Å². The lowest BCUT2D eigenvalue weighted by atomic mass is 10.3. The number of amides is 1. The van der Waals surface area contributed by atoms with Gasteiger partial charge in [0.2, 0.25) is 0 Å². The third-order valence-corrected chi connectivity index (χ3v) is 1.33. The van der Waals surface area contributed by atoms with Crippen LogP contribution in [0.5, 0.6) is 0 Å². The van der Waals surface area contributed by atoms with Gasteiger partial charge in [-0.3, -0.25) is 14.6 Å². The second kappa shape index (κ2) is 4.42. The summed E-state index contributed by atoms with van der Waals surface area (Å²) < 4.78 is 0. The Bertz CT molecular complexity index is 301. The van der Waals surface area contributed by atoms with Gasteiger partial charge in [-0.05, 0) is 19.1 Å². The number of anilines is 1. The molecule has 0 unspecified atom stereocenters. The van der Waals surface area contributed by atoms with Gasteiger partial charge in [0.15, 0.2) is 0 Å². The van der Waals surface area contributed by atoms with E-state index in [1.165, 1.54) is 12.3 Å². The Morgan fingerprint density at radius 2 is 2.54 bits per heavy atom. The number of hydrogen-bond acceptors (Lipinski definition) is 4. The van der Waals surface area contributed by atoms with Crippen molar-refractivity contribution in [3.8, 4) is 0 Å². The molecule has 0 bridgehead atoms. The van der Waals surface area contributed by atoms with E-state index in [9.17, 15) is 4.79 Å². The molecule has 0 aliphatic carbocycles. The molecule has 0 saturated heterocycles. The molecule has 1 aromatic rings. The van der Waals surface area contributed by atoms with Crippen LogP contribution in [0.2, 0.25) is 0 Å². The molecule has 0 radical (unpaired) electrons. The number of rotatable bonds is 3. The summed E-state index contributed by atoms with van der Waals surface area (Å²) >= 11 is 0. The molecule has 13 heavy (non-hydrogen) atoms. The Labute approximate surface area is 75.9 Å². The first-order valence-electron chi connectivity index (χ1n) is 3.87. The maximum atomic E-state index is 11.2. The van der Waals surface area contributed by atoms with Crippen molar-refractivity contribution in [1.29, 1.82) is 0 Å². The number of hydrogen-bond donors (Lipinski definition) is 2. The molecule has 1 rings (SSSR count). The summed E-state index contributed by atoms with van der Waals surface area (Å²) in [5, 5.41) is 0. The van der Waals surface area contributed by atoms with E-state index in [4.69, 9.17) is 10.6 Å². The third kappa shape index (κ3) is 2.72. The molecule has 1 amide bonds. The zero-order valence-electron chi connectivity index (χ0n) is 7.28. The summed E-state index contributed by atoms with van der Waals surface area (Å²) in [4.78, 5) is 19.7. The second-order valence-corrected chi connectivity index (χ2v) is 2.34. The summed E-state index contributed by atoms with van der Waals surface area (Å²) in [7, 11) is 0. The molecule has 70 valence electrons.